The van der Waals surface area contributed by atoms with E-state index in [1.54, 1.807) is 18.2 Å². The number of hydrogen-bond donors (Lipinski definition) is 1. The van der Waals surface area contributed by atoms with Gasteiger partial charge in [-0.3, -0.25) is 0 Å². The zero-order chi connectivity index (χ0) is 13.4. The summed E-state index contributed by atoms with van der Waals surface area (Å²) in [4.78, 5) is 0.296. The second kappa shape index (κ2) is 7.74. The van der Waals surface area contributed by atoms with E-state index < -0.39 is 10.0 Å². The normalized spacial score (nSPS) is 11.7. The van der Waals surface area contributed by atoms with Crippen LogP contribution in [0, 0.1) is 6.92 Å². The molecule has 1 aromatic rings. The van der Waals surface area contributed by atoms with Crippen LogP contribution < -0.4 is 4.72 Å². The molecule has 0 saturated carbocycles. The van der Waals surface area contributed by atoms with Crippen molar-refractivity contribution in [2.24, 2.45) is 0 Å². The summed E-state index contributed by atoms with van der Waals surface area (Å²) in [5.74, 6) is 0.453. The number of ether oxygens (including phenoxy) is 1. The molecule has 0 fully saturated rings. The maximum Gasteiger partial charge on any atom is 0.240 e. The first-order valence-electron chi connectivity index (χ1n) is 5.76. The molecule has 0 unspecified atom stereocenters. The number of halogens is 1. The van der Waals surface area contributed by atoms with Gasteiger partial charge in [0.05, 0.1) is 11.5 Å². The SMILES string of the molecule is Cc1cccc(S(=O)(=O)NCCCOCCCl)c1. The van der Waals surface area contributed by atoms with Crippen LogP contribution in [-0.2, 0) is 14.8 Å². The lowest BCUT2D eigenvalue weighted by molar-refractivity contribution is 0.147. The lowest BCUT2D eigenvalue weighted by Gasteiger charge is -2.07. The van der Waals surface area contributed by atoms with Crippen molar-refractivity contribution in [2.45, 2.75) is 18.2 Å². The van der Waals surface area contributed by atoms with Gasteiger partial charge in [-0.1, -0.05) is 12.1 Å². The summed E-state index contributed by atoms with van der Waals surface area (Å²) in [6, 6.07) is 6.82. The Kier molecular flexibility index (Phi) is 6.63. The van der Waals surface area contributed by atoms with Crippen molar-refractivity contribution in [3.05, 3.63) is 29.8 Å². The highest BCUT2D eigenvalue weighted by atomic mass is 35.5. The zero-order valence-electron chi connectivity index (χ0n) is 10.4. The van der Waals surface area contributed by atoms with Crippen molar-refractivity contribution in [1.29, 1.82) is 0 Å². The van der Waals surface area contributed by atoms with E-state index in [4.69, 9.17) is 16.3 Å². The van der Waals surface area contributed by atoms with E-state index in [1.165, 1.54) is 0 Å². The van der Waals surface area contributed by atoms with Gasteiger partial charge in [0.15, 0.2) is 0 Å². The molecule has 0 amide bonds. The molecule has 0 bridgehead atoms. The highest BCUT2D eigenvalue weighted by Crippen LogP contribution is 2.10. The van der Waals surface area contributed by atoms with Crippen LogP contribution in [0.25, 0.3) is 0 Å². The molecule has 0 saturated heterocycles. The second-order valence-electron chi connectivity index (χ2n) is 3.87. The van der Waals surface area contributed by atoms with Gasteiger partial charge >= 0.3 is 0 Å². The smallest absolute Gasteiger partial charge is 0.240 e. The topological polar surface area (TPSA) is 55.4 Å². The molecule has 0 aliphatic rings. The molecule has 0 heterocycles. The monoisotopic (exact) mass is 291 g/mol. The molecule has 1 rings (SSSR count). The zero-order valence-corrected chi connectivity index (χ0v) is 11.9. The van der Waals surface area contributed by atoms with E-state index in [1.807, 2.05) is 13.0 Å². The van der Waals surface area contributed by atoms with Crippen LogP contribution in [0.5, 0.6) is 0 Å². The standard InChI is InChI=1S/C12H18ClNO3S/c1-11-4-2-5-12(10-11)18(15,16)14-7-3-8-17-9-6-13/h2,4-5,10,14H,3,6-9H2,1H3. The van der Waals surface area contributed by atoms with Crippen LogP contribution in [0.15, 0.2) is 29.2 Å². The molecule has 1 aromatic carbocycles. The van der Waals surface area contributed by atoms with E-state index in [0.29, 0.717) is 37.0 Å². The molecule has 102 valence electrons. The average Bonchev–Trinajstić information content (AvgIpc) is 2.33. The molecular weight excluding hydrogens is 274 g/mol. The largest absolute Gasteiger partial charge is 0.380 e. The molecule has 0 aromatic heterocycles. The van der Waals surface area contributed by atoms with Crippen molar-refractivity contribution in [2.75, 3.05) is 25.6 Å². The number of hydrogen-bond acceptors (Lipinski definition) is 3. The molecular formula is C12H18ClNO3S. The molecule has 0 aliphatic heterocycles. The highest BCUT2D eigenvalue weighted by molar-refractivity contribution is 7.89. The van der Waals surface area contributed by atoms with Crippen LogP contribution in [0.1, 0.15) is 12.0 Å². The minimum atomic E-state index is -3.41. The van der Waals surface area contributed by atoms with Gasteiger partial charge < -0.3 is 4.74 Å². The van der Waals surface area contributed by atoms with E-state index >= 15 is 0 Å². The molecule has 1 N–H and O–H groups in total. The molecule has 0 radical (unpaired) electrons. The van der Waals surface area contributed by atoms with Crippen molar-refractivity contribution in [1.82, 2.24) is 4.72 Å². The third-order valence-corrected chi connectivity index (χ3v) is 3.89. The summed E-state index contributed by atoms with van der Waals surface area (Å²) < 4.78 is 31.5. The van der Waals surface area contributed by atoms with Crippen molar-refractivity contribution < 1.29 is 13.2 Å². The summed E-state index contributed by atoms with van der Waals surface area (Å²) in [6.07, 6.45) is 0.627. The fraction of sp³-hybridized carbons (Fsp3) is 0.500. The number of alkyl halides is 1. The van der Waals surface area contributed by atoms with Crippen LogP contribution in [-0.4, -0.2) is 34.1 Å². The van der Waals surface area contributed by atoms with Crippen LogP contribution in [0.4, 0.5) is 0 Å². The van der Waals surface area contributed by atoms with Gasteiger partial charge in [-0.2, -0.15) is 0 Å². The van der Waals surface area contributed by atoms with Crippen LogP contribution in [0.2, 0.25) is 0 Å². The lowest BCUT2D eigenvalue weighted by Crippen LogP contribution is -2.25. The van der Waals surface area contributed by atoms with E-state index in [-0.39, 0.29) is 0 Å². The summed E-state index contributed by atoms with van der Waals surface area (Å²) in [6.45, 7) is 3.22. The Morgan fingerprint density at radius 1 is 1.33 bits per heavy atom. The number of benzene rings is 1. The Balaban J connectivity index is 2.41. The number of aryl methyl sites for hydroxylation is 1. The predicted molar refractivity (Wildman–Crippen MR) is 72.5 cm³/mol. The maximum atomic E-state index is 11.9. The van der Waals surface area contributed by atoms with Crippen molar-refractivity contribution >= 4 is 21.6 Å². The fourth-order valence-electron chi connectivity index (χ4n) is 1.40. The van der Waals surface area contributed by atoms with Gasteiger partial charge in [-0.15, -0.1) is 11.6 Å². The first-order valence-corrected chi connectivity index (χ1v) is 7.78. The third kappa shape index (κ3) is 5.35. The van der Waals surface area contributed by atoms with Crippen molar-refractivity contribution in [3.63, 3.8) is 0 Å². The van der Waals surface area contributed by atoms with Gasteiger partial charge in [0.1, 0.15) is 0 Å². The van der Waals surface area contributed by atoms with Gasteiger partial charge in [-0.25, -0.2) is 13.1 Å². The minimum Gasteiger partial charge on any atom is -0.380 e. The van der Waals surface area contributed by atoms with Gasteiger partial charge in [0.2, 0.25) is 10.0 Å². The first-order chi connectivity index (χ1) is 8.56. The van der Waals surface area contributed by atoms with E-state index in [9.17, 15) is 8.42 Å². The number of sulfonamides is 1. The number of nitrogens with one attached hydrogen (secondary N) is 1. The minimum absolute atomic E-state index is 0.296. The van der Waals surface area contributed by atoms with Gasteiger partial charge in [-0.05, 0) is 31.0 Å². The highest BCUT2D eigenvalue weighted by Gasteiger charge is 2.12. The van der Waals surface area contributed by atoms with Gasteiger partial charge in [0, 0.05) is 19.0 Å². The Bertz CT molecular complexity index is 462. The average molecular weight is 292 g/mol. The molecule has 18 heavy (non-hydrogen) atoms. The molecule has 0 aliphatic carbocycles. The van der Waals surface area contributed by atoms with E-state index in [2.05, 4.69) is 4.72 Å². The lowest BCUT2D eigenvalue weighted by atomic mass is 10.2. The summed E-state index contributed by atoms with van der Waals surface area (Å²) >= 11 is 5.45. The molecule has 0 spiro atoms. The summed E-state index contributed by atoms with van der Waals surface area (Å²) in [5, 5.41) is 0. The Labute approximate surface area is 113 Å². The quantitative estimate of drug-likeness (QED) is 0.588. The summed E-state index contributed by atoms with van der Waals surface area (Å²) in [7, 11) is -3.41. The fourth-order valence-corrected chi connectivity index (χ4v) is 2.69. The Hall–Kier alpha value is -0.620. The molecule has 6 heteroatoms. The van der Waals surface area contributed by atoms with Crippen LogP contribution >= 0.6 is 11.6 Å². The van der Waals surface area contributed by atoms with E-state index in [0.717, 1.165) is 5.56 Å². The first kappa shape index (κ1) is 15.4. The Morgan fingerprint density at radius 2 is 2.11 bits per heavy atom. The maximum absolute atomic E-state index is 11.9. The van der Waals surface area contributed by atoms with Crippen molar-refractivity contribution in [3.8, 4) is 0 Å². The molecule has 0 atom stereocenters. The van der Waals surface area contributed by atoms with Crippen LogP contribution in [0.3, 0.4) is 0 Å². The second-order valence-corrected chi connectivity index (χ2v) is 6.01. The number of rotatable bonds is 8. The molecule has 4 nitrogen and oxygen atoms in total. The van der Waals surface area contributed by atoms with Gasteiger partial charge in [0.25, 0.3) is 0 Å². The third-order valence-electron chi connectivity index (χ3n) is 2.28. The Morgan fingerprint density at radius 3 is 2.78 bits per heavy atom. The predicted octanol–water partition coefficient (Wildman–Crippen LogP) is 1.92. The summed E-state index contributed by atoms with van der Waals surface area (Å²) in [5.41, 5.74) is 0.920.